The third kappa shape index (κ3) is 3.50. The second-order valence-electron chi connectivity index (χ2n) is 3.04. The minimum absolute atomic E-state index is 0.143. The Balaban J connectivity index is 2.99. The molecular weight excluding hydrogens is 189 g/mol. The second kappa shape index (κ2) is 5.91. The van der Waals surface area contributed by atoms with Crippen LogP contribution in [0.2, 0.25) is 0 Å². The molecule has 0 atom stereocenters. The number of hydrogen-bond donors (Lipinski definition) is 0. The van der Waals surface area contributed by atoms with Crippen LogP contribution >= 0.6 is 0 Å². The molecule has 0 saturated heterocycles. The summed E-state index contributed by atoms with van der Waals surface area (Å²) in [6.45, 7) is 5.57. The van der Waals surface area contributed by atoms with E-state index >= 15 is 0 Å². The van der Waals surface area contributed by atoms with E-state index in [4.69, 9.17) is 0 Å². The Morgan fingerprint density at radius 3 is 3.00 bits per heavy atom. The van der Waals surface area contributed by atoms with Crippen molar-refractivity contribution in [3.05, 3.63) is 60.6 Å². The Labute approximate surface area is 89.7 Å². The summed E-state index contributed by atoms with van der Waals surface area (Å²) in [6, 6.07) is 0. The zero-order valence-corrected chi connectivity index (χ0v) is 8.78. The van der Waals surface area contributed by atoms with E-state index in [9.17, 15) is 4.39 Å². The lowest BCUT2D eigenvalue weighted by molar-refractivity contribution is 0.618. The van der Waals surface area contributed by atoms with Crippen LogP contribution in [-0.4, -0.2) is 5.71 Å². The van der Waals surface area contributed by atoms with Gasteiger partial charge in [0, 0.05) is 12.6 Å². The van der Waals surface area contributed by atoms with Crippen molar-refractivity contribution in [1.29, 1.82) is 0 Å². The Morgan fingerprint density at radius 1 is 1.53 bits per heavy atom. The quantitative estimate of drug-likeness (QED) is 0.617. The summed E-state index contributed by atoms with van der Waals surface area (Å²) in [5.41, 5.74) is 1.62. The van der Waals surface area contributed by atoms with Gasteiger partial charge >= 0.3 is 0 Å². The van der Waals surface area contributed by atoms with Crippen molar-refractivity contribution in [1.82, 2.24) is 0 Å². The van der Waals surface area contributed by atoms with Crippen molar-refractivity contribution >= 4 is 5.71 Å². The second-order valence-corrected chi connectivity index (χ2v) is 3.04. The summed E-state index contributed by atoms with van der Waals surface area (Å²) in [4.78, 5) is 4.20. The minimum atomic E-state index is -0.143. The molecule has 0 aromatic heterocycles. The molecule has 0 N–H and O–H groups in total. The molecule has 0 amide bonds. The zero-order valence-electron chi connectivity index (χ0n) is 8.78. The van der Waals surface area contributed by atoms with Crippen molar-refractivity contribution in [3.63, 3.8) is 0 Å². The van der Waals surface area contributed by atoms with E-state index in [1.807, 2.05) is 19.1 Å². The summed E-state index contributed by atoms with van der Waals surface area (Å²) in [7, 11) is 0. The molecule has 0 saturated carbocycles. The van der Waals surface area contributed by atoms with E-state index in [0.29, 0.717) is 6.42 Å². The van der Waals surface area contributed by atoms with Crippen molar-refractivity contribution < 1.29 is 4.39 Å². The van der Waals surface area contributed by atoms with Gasteiger partial charge in [0.05, 0.1) is 5.71 Å². The Kier molecular flexibility index (Phi) is 4.48. The molecule has 0 heterocycles. The summed E-state index contributed by atoms with van der Waals surface area (Å²) in [5.74, 6) is -0.143. The first-order valence-corrected chi connectivity index (χ1v) is 4.82. The van der Waals surface area contributed by atoms with Crippen molar-refractivity contribution in [2.24, 2.45) is 4.99 Å². The van der Waals surface area contributed by atoms with Crippen LogP contribution in [0, 0.1) is 0 Å². The van der Waals surface area contributed by atoms with Crippen molar-refractivity contribution in [3.8, 4) is 0 Å². The average molecular weight is 203 g/mol. The van der Waals surface area contributed by atoms with Gasteiger partial charge in [-0.25, -0.2) is 4.39 Å². The Hall–Kier alpha value is -1.70. The fourth-order valence-corrected chi connectivity index (χ4v) is 1.17. The van der Waals surface area contributed by atoms with E-state index in [-0.39, 0.29) is 5.83 Å². The van der Waals surface area contributed by atoms with E-state index < -0.39 is 0 Å². The van der Waals surface area contributed by atoms with Gasteiger partial charge in [0.1, 0.15) is 5.83 Å². The first-order chi connectivity index (χ1) is 7.27. The van der Waals surface area contributed by atoms with Crippen molar-refractivity contribution in [2.45, 2.75) is 13.3 Å². The number of hydrogen-bond acceptors (Lipinski definition) is 1. The lowest BCUT2D eigenvalue weighted by Gasteiger charge is -1.98. The Morgan fingerprint density at radius 2 is 2.33 bits per heavy atom. The number of aliphatic imine (C=N–C) groups is 1. The maximum absolute atomic E-state index is 12.9. The van der Waals surface area contributed by atoms with Crippen molar-refractivity contribution in [2.75, 3.05) is 0 Å². The van der Waals surface area contributed by atoms with Gasteiger partial charge < -0.3 is 0 Å². The van der Waals surface area contributed by atoms with Gasteiger partial charge in [0.25, 0.3) is 0 Å². The predicted molar refractivity (Wildman–Crippen MR) is 63.5 cm³/mol. The number of allylic oxidation sites excluding steroid dienone is 8. The van der Waals surface area contributed by atoms with Gasteiger partial charge in [0.2, 0.25) is 0 Å². The molecule has 0 aromatic carbocycles. The summed E-state index contributed by atoms with van der Waals surface area (Å²) in [6.07, 6.45) is 12.3. The largest absolute Gasteiger partial charge is 0.257 e. The number of rotatable bonds is 3. The molecule has 0 unspecified atom stereocenters. The van der Waals surface area contributed by atoms with Crippen LogP contribution in [-0.2, 0) is 0 Å². The zero-order chi connectivity index (χ0) is 11.1. The maximum Gasteiger partial charge on any atom is 0.104 e. The smallest absolute Gasteiger partial charge is 0.104 e. The molecule has 0 aliphatic heterocycles. The van der Waals surface area contributed by atoms with E-state index in [2.05, 4.69) is 11.6 Å². The highest BCUT2D eigenvalue weighted by molar-refractivity contribution is 6.10. The average Bonchev–Trinajstić information content (AvgIpc) is 2.45. The normalized spacial score (nSPS) is 17.3. The van der Waals surface area contributed by atoms with Crippen LogP contribution in [0.5, 0.6) is 0 Å². The molecule has 1 aliphatic carbocycles. The molecule has 0 aromatic rings. The lowest BCUT2D eigenvalue weighted by Crippen LogP contribution is -1.94. The summed E-state index contributed by atoms with van der Waals surface area (Å²) >= 11 is 0. The molecule has 15 heavy (non-hydrogen) atoms. The van der Waals surface area contributed by atoms with Gasteiger partial charge in [-0.15, -0.1) is 0 Å². The molecule has 1 rings (SSSR count). The molecule has 0 spiro atoms. The topological polar surface area (TPSA) is 12.4 Å². The highest BCUT2D eigenvalue weighted by Gasteiger charge is 2.01. The van der Waals surface area contributed by atoms with Crippen LogP contribution in [0.1, 0.15) is 13.3 Å². The highest BCUT2D eigenvalue weighted by atomic mass is 19.1. The van der Waals surface area contributed by atoms with Gasteiger partial charge in [-0.05, 0) is 24.6 Å². The fourth-order valence-electron chi connectivity index (χ4n) is 1.17. The molecule has 78 valence electrons. The monoisotopic (exact) mass is 203 g/mol. The van der Waals surface area contributed by atoms with Gasteiger partial charge in [-0.3, -0.25) is 4.99 Å². The standard InChI is InChI=1S/C13H14FN/c1-3-10-15-13(4-2)11-6-5-7-12(14)9-8-11/h3-6,8-10H,2,7H2,1H3/b10-3-,15-13?. The van der Waals surface area contributed by atoms with Gasteiger partial charge in [0.15, 0.2) is 0 Å². The summed E-state index contributed by atoms with van der Waals surface area (Å²) < 4.78 is 12.9. The third-order valence-corrected chi connectivity index (χ3v) is 1.91. The number of halogens is 1. The lowest BCUT2D eigenvalue weighted by atomic mass is 10.1. The first-order valence-electron chi connectivity index (χ1n) is 4.82. The minimum Gasteiger partial charge on any atom is -0.257 e. The summed E-state index contributed by atoms with van der Waals surface area (Å²) in [5, 5.41) is 0. The maximum atomic E-state index is 12.9. The van der Waals surface area contributed by atoms with Gasteiger partial charge in [-0.2, -0.15) is 0 Å². The molecule has 1 aliphatic rings. The molecular formula is C13H14FN. The molecule has 0 bridgehead atoms. The van der Waals surface area contributed by atoms with Crippen LogP contribution < -0.4 is 0 Å². The van der Waals surface area contributed by atoms with E-state index in [1.54, 1.807) is 24.4 Å². The predicted octanol–water partition coefficient (Wildman–Crippen LogP) is 3.89. The van der Waals surface area contributed by atoms with Crippen LogP contribution in [0.15, 0.2) is 65.6 Å². The Bertz CT molecular complexity index is 381. The van der Waals surface area contributed by atoms with Gasteiger partial charge in [-0.1, -0.05) is 30.9 Å². The van der Waals surface area contributed by atoms with Crippen LogP contribution in [0.4, 0.5) is 4.39 Å². The SMILES string of the molecule is C=CC(=N/C=C\C)C1=CC=C(F)CC=C1. The van der Waals surface area contributed by atoms with E-state index in [1.165, 1.54) is 6.08 Å². The third-order valence-electron chi connectivity index (χ3n) is 1.91. The molecule has 0 radical (unpaired) electrons. The fraction of sp³-hybridized carbons (Fsp3) is 0.154. The number of nitrogens with zero attached hydrogens (tertiary/aromatic N) is 1. The molecule has 0 fully saturated rings. The van der Waals surface area contributed by atoms with Crippen LogP contribution in [0.3, 0.4) is 0 Å². The highest BCUT2D eigenvalue weighted by Crippen LogP contribution is 2.13. The van der Waals surface area contributed by atoms with E-state index in [0.717, 1.165) is 11.3 Å². The molecule has 2 heteroatoms. The molecule has 1 nitrogen and oxygen atoms in total. The van der Waals surface area contributed by atoms with Crippen LogP contribution in [0.25, 0.3) is 0 Å². The first kappa shape index (κ1) is 11.4.